The number of ether oxygens (including phenoxy) is 2. The fraction of sp³-hybridized carbons (Fsp3) is 0.833. The van der Waals surface area contributed by atoms with Crippen molar-refractivity contribution in [1.29, 1.82) is 0 Å². The summed E-state index contributed by atoms with van der Waals surface area (Å²) in [6.45, 7) is 2.90. The molecule has 0 unspecified atom stereocenters. The zero-order chi connectivity index (χ0) is 6.69. The zero-order valence-electron chi connectivity index (χ0n) is 5.42. The van der Waals surface area contributed by atoms with Crippen LogP contribution in [0.1, 0.15) is 13.3 Å². The second-order valence-electron chi connectivity index (χ2n) is 1.89. The van der Waals surface area contributed by atoms with E-state index in [2.05, 4.69) is 0 Å². The molecule has 1 saturated heterocycles. The van der Waals surface area contributed by atoms with Gasteiger partial charge in [0.05, 0.1) is 13.2 Å². The van der Waals surface area contributed by atoms with Crippen LogP contribution in [0.4, 0.5) is 0 Å². The Bertz CT molecular complexity index is 105. The van der Waals surface area contributed by atoms with Crippen LogP contribution in [0.5, 0.6) is 0 Å². The maximum Gasteiger partial charge on any atom is 0.217 e. The molecule has 0 N–H and O–H groups in total. The van der Waals surface area contributed by atoms with E-state index >= 15 is 0 Å². The van der Waals surface area contributed by atoms with Crippen molar-refractivity contribution in [2.75, 3.05) is 13.2 Å². The molecule has 1 rings (SSSR count). The van der Waals surface area contributed by atoms with Crippen molar-refractivity contribution in [3.63, 3.8) is 0 Å². The molecule has 0 radical (unpaired) electrons. The van der Waals surface area contributed by atoms with E-state index in [0.29, 0.717) is 19.6 Å². The van der Waals surface area contributed by atoms with Gasteiger partial charge in [0.15, 0.2) is 5.78 Å². The van der Waals surface area contributed by atoms with E-state index in [1.54, 1.807) is 6.92 Å². The molecular weight excluding hydrogens is 120 g/mol. The third-order valence-electron chi connectivity index (χ3n) is 1.23. The third kappa shape index (κ3) is 1.50. The number of carbonyl (C=O) groups excluding carboxylic acids is 1. The van der Waals surface area contributed by atoms with Gasteiger partial charge in [-0.1, -0.05) is 6.92 Å². The lowest BCUT2D eigenvalue weighted by molar-refractivity contribution is -0.143. The van der Waals surface area contributed by atoms with E-state index in [4.69, 9.17) is 9.47 Å². The van der Waals surface area contributed by atoms with Crippen molar-refractivity contribution < 1.29 is 14.3 Å². The number of hydrogen-bond acceptors (Lipinski definition) is 3. The number of carbonyl (C=O) groups is 1. The Morgan fingerprint density at radius 1 is 1.56 bits per heavy atom. The molecule has 3 heteroatoms. The molecule has 0 atom stereocenters. The molecule has 1 aliphatic rings. The summed E-state index contributed by atoms with van der Waals surface area (Å²) >= 11 is 0. The van der Waals surface area contributed by atoms with Gasteiger partial charge in [-0.25, -0.2) is 0 Å². The molecule has 3 nitrogen and oxygen atoms in total. The van der Waals surface area contributed by atoms with Gasteiger partial charge in [-0.15, -0.1) is 0 Å². The summed E-state index contributed by atoms with van der Waals surface area (Å²) in [6.07, 6.45) is -0.0694. The van der Waals surface area contributed by atoms with E-state index in [9.17, 15) is 4.79 Å². The van der Waals surface area contributed by atoms with Gasteiger partial charge >= 0.3 is 0 Å². The van der Waals surface area contributed by atoms with Crippen LogP contribution < -0.4 is 0 Å². The largest absolute Gasteiger partial charge is 0.344 e. The average molecular weight is 130 g/mol. The van der Waals surface area contributed by atoms with Crippen LogP contribution in [0.25, 0.3) is 0 Å². The monoisotopic (exact) mass is 130 g/mol. The van der Waals surface area contributed by atoms with Crippen LogP contribution in [-0.2, 0) is 14.3 Å². The van der Waals surface area contributed by atoms with E-state index in [0.717, 1.165) is 0 Å². The summed E-state index contributed by atoms with van der Waals surface area (Å²) in [7, 11) is 0. The molecule has 1 heterocycles. The molecule has 0 aromatic carbocycles. The first kappa shape index (κ1) is 6.71. The number of ketones is 1. The Hall–Kier alpha value is -0.410. The quantitative estimate of drug-likeness (QED) is 0.540. The molecule has 0 spiro atoms. The number of rotatable bonds is 2. The summed E-state index contributed by atoms with van der Waals surface area (Å²) in [5.41, 5.74) is 0. The summed E-state index contributed by atoms with van der Waals surface area (Å²) in [4.78, 5) is 10.8. The highest BCUT2D eigenvalue weighted by Gasteiger charge is 2.21. The zero-order valence-corrected chi connectivity index (χ0v) is 5.42. The fourth-order valence-electron chi connectivity index (χ4n) is 0.711. The van der Waals surface area contributed by atoms with Gasteiger partial charge in [0.2, 0.25) is 6.29 Å². The van der Waals surface area contributed by atoms with Gasteiger partial charge in [0.1, 0.15) is 0 Å². The number of Topliss-reactive ketones (excluding diaryl/α,β-unsaturated/α-hetero) is 1. The first-order valence-corrected chi connectivity index (χ1v) is 3.10. The van der Waals surface area contributed by atoms with Gasteiger partial charge in [-0.2, -0.15) is 0 Å². The predicted octanol–water partition coefficient (Wildman–Crippen LogP) is 0.338. The smallest absolute Gasteiger partial charge is 0.217 e. The second kappa shape index (κ2) is 2.94. The lowest BCUT2D eigenvalue weighted by Crippen LogP contribution is -2.19. The average Bonchev–Trinajstić information content (AvgIpc) is 2.37. The Labute approximate surface area is 53.9 Å². The van der Waals surface area contributed by atoms with Gasteiger partial charge < -0.3 is 9.47 Å². The second-order valence-corrected chi connectivity index (χ2v) is 1.89. The van der Waals surface area contributed by atoms with Crippen LogP contribution in [0.3, 0.4) is 0 Å². The third-order valence-corrected chi connectivity index (χ3v) is 1.23. The Morgan fingerprint density at radius 2 is 2.11 bits per heavy atom. The SMILES string of the molecule is CCC(=O)C1OCCO1. The summed E-state index contributed by atoms with van der Waals surface area (Å²) in [6, 6.07) is 0. The minimum Gasteiger partial charge on any atom is -0.344 e. The van der Waals surface area contributed by atoms with Crippen molar-refractivity contribution in [3.05, 3.63) is 0 Å². The number of hydrogen-bond donors (Lipinski definition) is 0. The van der Waals surface area contributed by atoms with Gasteiger partial charge in [-0.3, -0.25) is 4.79 Å². The maximum atomic E-state index is 10.8. The van der Waals surface area contributed by atoms with Crippen LogP contribution in [-0.4, -0.2) is 25.3 Å². The Kier molecular flexibility index (Phi) is 2.19. The van der Waals surface area contributed by atoms with Crippen molar-refractivity contribution in [3.8, 4) is 0 Å². The summed E-state index contributed by atoms with van der Waals surface area (Å²) < 4.78 is 9.87. The molecule has 1 fully saturated rings. The standard InChI is InChI=1S/C6H10O3/c1-2-5(7)6-8-3-4-9-6/h6H,2-4H2,1H3. The molecule has 1 aliphatic heterocycles. The lowest BCUT2D eigenvalue weighted by atomic mass is 10.3. The summed E-state index contributed by atoms with van der Waals surface area (Å²) in [5, 5.41) is 0. The maximum absolute atomic E-state index is 10.8. The molecule has 0 aromatic heterocycles. The predicted molar refractivity (Wildman–Crippen MR) is 31.0 cm³/mol. The van der Waals surface area contributed by atoms with Gasteiger partial charge in [-0.05, 0) is 0 Å². The first-order valence-electron chi connectivity index (χ1n) is 3.10. The highest BCUT2D eigenvalue weighted by Crippen LogP contribution is 2.05. The lowest BCUT2D eigenvalue weighted by Gasteiger charge is -2.03. The van der Waals surface area contributed by atoms with E-state index < -0.39 is 6.29 Å². The Balaban J connectivity index is 2.32. The van der Waals surface area contributed by atoms with Crippen molar-refractivity contribution in [2.45, 2.75) is 19.6 Å². The van der Waals surface area contributed by atoms with Crippen LogP contribution in [0.15, 0.2) is 0 Å². The molecule has 0 bridgehead atoms. The van der Waals surface area contributed by atoms with E-state index in [1.807, 2.05) is 0 Å². The molecule has 52 valence electrons. The summed E-state index contributed by atoms with van der Waals surface area (Å²) in [5.74, 6) is 0.0347. The van der Waals surface area contributed by atoms with Gasteiger partial charge in [0.25, 0.3) is 0 Å². The van der Waals surface area contributed by atoms with E-state index in [-0.39, 0.29) is 5.78 Å². The topological polar surface area (TPSA) is 35.5 Å². The van der Waals surface area contributed by atoms with Crippen molar-refractivity contribution in [1.82, 2.24) is 0 Å². The van der Waals surface area contributed by atoms with Crippen LogP contribution in [0.2, 0.25) is 0 Å². The van der Waals surface area contributed by atoms with Crippen molar-refractivity contribution in [2.24, 2.45) is 0 Å². The highest BCUT2D eigenvalue weighted by molar-refractivity contribution is 5.81. The minimum atomic E-state index is -0.560. The highest BCUT2D eigenvalue weighted by atomic mass is 16.7. The van der Waals surface area contributed by atoms with Crippen LogP contribution in [0, 0.1) is 0 Å². The Morgan fingerprint density at radius 3 is 2.56 bits per heavy atom. The molecule has 0 aromatic rings. The van der Waals surface area contributed by atoms with E-state index in [1.165, 1.54) is 0 Å². The van der Waals surface area contributed by atoms with Gasteiger partial charge in [0, 0.05) is 6.42 Å². The normalized spacial score (nSPS) is 20.6. The molecule has 0 amide bonds. The fourth-order valence-corrected chi connectivity index (χ4v) is 0.711. The minimum absolute atomic E-state index is 0.0347. The molecule has 0 aliphatic carbocycles. The molecule has 9 heavy (non-hydrogen) atoms. The van der Waals surface area contributed by atoms with Crippen molar-refractivity contribution >= 4 is 5.78 Å². The molecular formula is C6H10O3. The van der Waals surface area contributed by atoms with Crippen LogP contribution >= 0.6 is 0 Å². The molecule has 0 saturated carbocycles. The first-order chi connectivity index (χ1) is 4.34.